The van der Waals surface area contributed by atoms with Crippen molar-refractivity contribution in [2.75, 3.05) is 26.0 Å². The summed E-state index contributed by atoms with van der Waals surface area (Å²) in [6.45, 7) is 2.70. The van der Waals surface area contributed by atoms with Gasteiger partial charge in [0, 0.05) is 26.8 Å². The average molecular weight is 208 g/mol. The fourth-order valence-electron chi connectivity index (χ4n) is 1.16. The lowest BCUT2D eigenvalue weighted by Crippen LogP contribution is -2.36. The molecule has 0 saturated carbocycles. The molecule has 15 heavy (non-hydrogen) atoms. The van der Waals surface area contributed by atoms with Crippen LogP contribution in [0.4, 0.5) is 5.82 Å². The molecule has 1 rings (SSSR count). The first-order valence-corrected chi connectivity index (χ1v) is 4.82. The summed E-state index contributed by atoms with van der Waals surface area (Å²) in [6.07, 6.45) is 1.66. The molecule has 0 saturated heterocycles. The minimum absolute atomic E-state index is 0.163. The van der Waals surface area contributed by atoms with Crippen molar-refractivity contribution in [3.05, 3.63) is 23.9 Å². The fraction of sp³-hybridized carbons (Fsp3) is 0.400. The van der Waals surface area contributed by atoms with Gasteiger partial charge in [-0.25, -0.2) is 9.99 Å². The molecule has 0 aliphatic rings. The van der Waals surface area contributed by atoms with Crippen molar-refractivity contribution >= 4 is 11.7 Å². The summed E-state index contributed by atoms with van der Waals surface area (Å²) in [6, 6.07) is 3.48. The lowest BCUT2D eigenvalue weighted by atomic mass is 10.2. The van der Waals surface area contributed by atoms with Gasteiger partial charge in [0.15, 0.2) is 0 Å². The highest BCUT2D eigenvalue weighted by Gasteiger charge is 2.11. The van der Waals surface area contributed by atoms with Gasteiger partial charge in [-0.05, 0) is 19.1 Å². The van der Waals surface area contributed by atoms with Crippen LogP contribution in [0.1, 0.15) is 17.3 Å². The number of rotatable bonds is 4. The van der Waals surface area contributed by atoms with Crippen LogP contribution in [0.3, 0.4) is 0 Å². The Morgan fingerprint density at radius 3 is 2.87 bits per heavy atom. The van der Waals surface area contributed by atoms with E-state index in [1.54, 1.807) is 37.4 Å². The molecule has 0 spiro atoms. The van der Waals surface area contributed by atoms with Crippen LogP contribution in [0.15, 0.2) is 18.3 Å². The standard InChI is InChI=1S/C10H16N4O/c1-4-11-9-8(6-5-7-12-9)10(15)13-14(2)3/h5-7H,4H2,1-3H3,(H,11,12)(H,13,15). The number of aromatic nitrogens is 1. The Balaban J connectivity index is 2.87. The van der Waals surface area contributed by atoms with Gasteiger partial charge in [0.25, 0.3) is 5.91 Å². The van der Waals surface area contributed by atoms with E-state index in [4.69, 9.17) is 0 Å². The second-order valence-corrected chi connectivity index (χ2v) is 3.27. The van der Waals surface area contributed by atoms with Crippen LogP contribution in [-0.2, 0) is 0 Å². The van der Waals surface area contributed by atoms with Gasteiger partial charge in [-0.1, -0.05) is 0 Å². The first-order chi connectivity index (χ1) is 7.15. The fourth-order valence-corrected chi connectivity index (χ4v) is 1.16. The molecule has 1 heterocycles. The Kier molecular flexibility index (Phi) is 4.05. The van der Waals surface area contributed by atoms with Crippen molar-refractivity contribution in [1.29, 1.82) is 0 Å². The van der Waals surface area contributed by atoms with E-state index in [0.29, 0.717) is 11.4 Å². The number of carbonyl (C=O) groups is 1. The van der Waals surface area contributed by atoms with Crippen LogP contribution in [0, 0.1) is 0 Å². The van der Waals surface area contributed by atoms with Gasteiger partial charge in [0.1, 0.15) is 5.82 Å². The Labute approximate surface area is 89.5 Å². The zero-order valence-electron chi connectivity index (χ0n) is 9.24. The number of amides is 1. The van der Waals surface area contributed by atoms with Gasteiger partial charge in [-0.15, -0.1) is 0 Å². The van der Waals surface area contributed by atoms with Crippen molar-refractivity contribution in [1.82, 2.24) is 15.4 Å². The summed E-state index contributed by atoms with van der Waals surface area (Å²) >= 11 is 0. The number of nitrogens with zero attached hydrogens (tertiary/aromatic N) is 2. The number of hydrogen-bond donors (Lipinski definition) is 2. The molecular formula is C10H16N4O. The molecule has 5 nitrogen and oxygen atoms in total. The van der Waals surface area contributed by atoms with Crippen molar-refractivity contribution in [2.24, 2.45) is 0 Å². The maximum Gasteiger partial charge on any atom is 0.269 e. The summed E-state index contributed by atoms with van der Waals surface area (Å²) in [5, 5.41) is 4.64. The third-order valence-electron chi connectivity index (χ3n) is 1.72. The van der Waals surface area contributed by atoms with Crippen molar-refractivity contribution in [3.63, 3.8) is 0 Å². The lowest BCUT2D eigenvalue weighted by molar-refractivity contribution is 0.0857. The topological polar surface area (TPSA) is 57.3 Å². The summed E-state index contributed by atoms with van der Waals surface area (Å²) in [7, 11) is 3.53. The quantitative estimate of drug-likeness (QED) is 0.716. The molecule has 0 aliphatic carbocycles. The minimum atomic E-state index is -0.163. The third kappa shape index (κ3) is 3.21. The van der Waals surface area contributed by atoms with Gasteiger partial charge in [-0.3, -0.25) is 10.2 Å². The van der Waals surface area contributed by atoms with E-state index >= 15 is 0 Å². The zero-order valence-corrected chi connectivity index (χ0v) is 9.24. The van der Waals surface area contributed by atoms with Crippen LogP contribution in [0.5, 0.6) is 0 Å². The van der Waals surface area contributed by atoms with Crippen LogP contribution in [0.25, 0.3) is 0 Å². The number of hydrazine groups is 1. The summed E-state index contributed by atoms with van der Waals surface area (Å²) < 4.78 is 0. The molecule has 2 N–H and O–H groups in total. The molecule has 0 unspecified atom stereocenters. The maximum atomic E-state index is 11.7. The molecule has 5 heteroatoms. The molecule has 1 aromatic heterocycles. The van der Waals surface area contributed by atoms with E-state index < -0.39 is 0 Å². The van der Waals surface area contributed by atoms with Crippen LogP contribution < -0.4 is 10.7 Å². The van der Waals surface area contributed by atoms with Crippen molar-refractivity contribution < 1.29 is 4.79 Å². The molecule has 1 amide bonds. The number of nitrogens with one attached hydrogen (secondary N) is 2. The monoisotopic (exact) mass is 208 g/mol. The highest BCUT2D eigenvalue weighted by Crippen LogP contribution is 2.10. The maximum absolute atomic E-state index is 11.7. The SMILES string of the molecule is CCNc1ncccc1C(=O)NN(C)C. The molecular weight excluding hydrogens is 192 g/mol. The Morgan fingerprint density at radius 1 is 1.53 bits per heavy atom. The molecule has 0 fully saturated rings. The molecule has 0 aliphatic heterocycles. The Bertz CT molecular complexity index is 338. The van der Waals surface area contributed by atoms with E-state index in [1.165, 1.54) is 0 Å². The molecule has 0 radical (unpaired) electrons. The molecule has 1 aromatic rings. The second-order valence-electron chi connectivity index (χ2n) is 3.27. The van der Waals surface area contributed by atoms with Gasteiger partial charge in [0.2, 0.25) is 0 Å². The first kappa shape index (κ1) is 11.5. The molecule has 0 atom stereocenters. The molecule has 0 bridgehead atoms. The number of pyridine rings is 1. The van der Waals surface area contributed by atoms with Gasteiger partial charge in [-0.2, -0.15) is 0 Å². The lowest BCUT2D eigenvalue weighted by Gasteiger charge is -2.13. The van der Waals surface area contributed by atoms with E-state index in [-0.39, 0.29) is 5.91 Å². The molecule has 82 valence electrons. The highest BCUT2D eigenvalue weighted by molar-refractivity contribution is 5.98. The van der Waals surface area contributed by atoms with Crippen molar-refractivity contribution in [3.8, 4) is 0 Å². The van der Waals surface area contributed by atoms with E-state index in [2.05, 4.69) is 15.7 Å². The molecule has 0 aromatic carbocycles. The van der Waals surface area contributed by atoms with Crippen molar-refractivity contribution in [2.45, 2.75) is 6.92 Å². The smallest absolute Gasteiger partial charge is 0.269 e. The first-order valence-electron chi connectivity index (χ1n) is 4.82. The van der Waals surface area contributed by atoms with E-state index in [1.807, 2.05) is 6.92 Å². The summed E-state index contributed by atoms with van der Waals surface area (Å²) in [4.78, 5) is 15.8. The average Bonchev–Trinajstić information content (AvgIpc) is 2.18. The van der Waals surface area contributed by atoms with Crippen LogP contribution >= 0.6 is 0 Å². The van der Waals surface area contributed by atoms with Crippen LogP contribution in [-0.4, -0.2) is 36.5 Å². The van der Waals surface area contributed by atoms with Gasteiger partial charge < -0.3 is 5.32 Å². The summed E-state index contributed by atoms with van der Waals surface area (Å²) in [5.41, 5.74) is 3.22. The number of carbonyl (C=O) groups excluding carboxylic acids is 1. The zero-order chi connectivity index (χ0) is 11.3. The van der Waals surface area contributed by atoms with E-state index in [0.717, 1.165) is 6.54 Å². The predicted octanol–water partition coefficient (Wildman–Crippen LogP) is 0.720. The number of anilines is 1. The number of hydrogen-bond acceptors (Lipinski definition) is 4. The minimum Gasteiger partial charge on any atom is -0.370 e. The Hall–Kier alpha value is -1.62. The second kappa shape index (κ2) is 5.31. The van der Waals surface area contributed by atoms with Gasteiger partial charge in [0.05, 0.1) is 5.56 Å². The highest BCUT2D eigenvalue weighted by atomic mass is 16.2. The summed E-state index contributed by atoms with van der Waals surface area (Å²) in [5.74, 6) is 0.448. The normalized spacial score (nSPS) is 10.1. The third-order valence-corrected chi connectivity index (χ3v) is 1.72. The Morgan fingerprint density at radius 2 is 2.27 bits per heavy atom. The van der Waals surface area contributed by atoms with E-state index in [9.17, 15) is 4.79 Å². The van der Waals surface area contributed by atoms with Crippen LogP contribution in [0.2, 0.25) is 0 Å². The van der Waals surface area contributed by atoms with Gasteiger partial charge >= 0.3 is 0 Å². The largest absolute Gasteiger partial charge is 0.370 e. The predicted molar refractivity (Wildman–Crippen MR) is 59.6 cm³/mol.